The molecular formula is C6H19N4Na. The Labute approximate surface area is 92.2 Å². The quantitative estimate of drug-likeness (QED) is 0.301. The normalized spacial score (nSPS) is 18.8. The first kappa shape index (κ1) is 14.4. The van der Waals surface area contributed by atoms with Gasteiger partial charge in [-0.05, 0) is 20.8 Å². The molecule has 0 aromatic carbocycles. The van der Waals surface area contributed by atoms with Crippen LogP contribution >= 0.6 is 0 Å². The van der Waals surface area contributed by atoms with E-state index in [0.717, 1.165) is 0 Å². The van der Waals surface area contributed by atoms with E-state index < -0.39 is 0 Å². The third kappa shape index (κ3) is 5.14. The van der Waals surface area contributed by atoms with Crippen molar-refractivity contribution in [3.05, 3.63) is 0 Å². The average Bonchev–Trinajstić information content (AvgIpc) is 1.59. The van der Waals surface area contributed by atoms with Gasteiger partial charge in [-0.3, -0.25) is 4.90 Å². The van der Waals surface area contributed by atoms with Gasteiger partial charge in [0.1, 0.15) is 0 Å². The van der Waals surface area contributed by atoms with Crippen LogP contribution in [0.25, 0.3) is 0 Å². The molecule has 64 valence electrons. The van der Waals surface area contributed by atoms with E-state index in [1.54, 1.807) is 0 Å². The minimum absolute atomic E-state index is 0. The molecule has 0 aromatic rings. The van der Waals surface area contributed by atoms with Crippen LogP contribution in [-0.4, -0.2) is 23.4 Å². The first-order valence-corrected chi connectivity index (χ1v) is 3.51. The molecule has 5 heteroatoms. The predicted molar refractivity (Wildman–Crippen MR) is 43.9 cm³/mol. The molecule has 0 radical (unpaired) electrons. The third-order valence-corrected chi connectivity index (χ3v) is 1.41. The maximum atomic E-state index is 5.60. The van der Waals surface area contributed by atoms with Crippen LogP contribution in [0.3, 0.4) is 0 Å². The molecule has 0 aliphatic rings. The first-order chi connectivity index (χ1) is 4.46. The van der Waals surface area contributed by atoms with Crippen molar-refractivity contribution in [1.82, 2.24) is 4.90 Å². The molecular weight excluding hydrogens is 151 g/mol. The summed E-state index contributed by atoms with van der Waals surface area (Å²) >= 11 is 0. The van der Waals surface area contributed by atoms with Crippen LogP contribution in [0.4, 0.5) is 0 Å². The molecule has 0 aliphatic heterocycles. The predicted octanol–water partition coefficient (Wildman–Crippen LogP) is -3.68. The zero-order valence-electron chi connectivity index (χ0n) is 8.91. The van der Waals surface area contributed by atoms with Crippen LogP contribution in [0, 0.1) is 0 Å². The maximum absolute atomic E-state index is 5.60. The molecule has 0 heterocycles. The van der Waals surface area contributed by atoms with Crippen LogP contribution in [0.15, 0.2) is 0 Å². The Balaban J connectivity index is -0.000000405. The van der Waals surface area contributed by atoms with Crippen LogP contribution < -0.4 is 46.8 Å². The van der Waals surface area contributed by atoms with E-state index >= 15 is 0 Å². The van der Waals surface area contributed by atoms with Gasteiger partial charge >= 0.3 is 29.6 Å². The largest absolute Gasteiger partial charge is 1.00 e. The van der Waals surface area contributed by atoms with Crippen molar-refractivity contribution in [3.8, 4) is 0 Å². The van der Waals surface area contributed by atoms with Crippen LogP contribution in [-0.2, 0) is 0 Å². The van der Waals surface area contributed by atoms with Gasteiger partial charge in [0, 0.05) is 0 Å². The SMILES string of the molecule is CC(N)N(C(C)N)C(C)N.[H-].[Na+]. The summed E-state index contributed by atoms with van der Waals surface area (Å²) in [4.78, 5) is 1.83. The molecule has 0 bridgehead atoms. The Bertz CT molecular complexity index is 80.5. The molecule has 4 nitrogen and oxygen atoms in total. The van der Waals surface area contributed by atoms with E-state index in [2.05, 4.69) is 0 Å². The molecule has 0 saturated heterocycles. The topological polar surface area (TPSA) is 81.3 Å². The van der Waals surface area contributed by atoms with Crippen molar-refractivity contribution in [1.29, 1.82) is 0 Å². The Hall–Kier alpha value is 0.840. The third-order valence-electron chi connectivity index (χ3n) is 1.41. The Morgan fingerprint density at radius 1 is 0.909 bits per heavy atom. The summed E-state index contributed by atoms with van der Waals surface area (Å²) in [7, 11) is 0. The van der Waals surface area contributed by atoms with Crippen LogP contribution in [0.5, 0.6) is 0 Å². The monoisotopic (exact) mass is 170 g/mol. The van der Waals surface area contributed by atoms with Crippen molar-refractivity contribution in [2.75, 3.05) is 0 Å². The number of nitrogens with zero attached hydrogens (tertiary/aromatic N) is 1. The standard InChI is InChI=1S/C6H18N4.Na.H/c1-4(7)10(5(2)8)6(3)9;;/h4-6H,7-9H2,1-3H3;;/q;+1;-1. The molecule has 0 spiro atoms. The van der Waals surface area contributed by atoms with Gasteiger partial charge in [0.15, 0.2) is 0 Å². The Morgan fingerprint density at radius 2 is 1.09 bits per heavy atom. The van der Waals surface area contributed by atoms with Gasteiger partial charge in [-0.25, -0.2) is 0 Å². The Kier molecular flexibility index (Phi) is 8.32. The smallest absolute Gasteiger partial charge is 1.00 e. The van der Waals surface area contributed by atoms with Crippen molar-refractivity contribution in [3.63, 3.8) is 0 Å². The summed E-state index contributed by atoms with van der Waals surface area (Å²) < 4.78 is 0. The number of nitrogens with two attached hydrogens (primary N) is 3. The van der Waals surface area contributed by atoms with Gasteiger partial charge in [0.2, 0.25) is 0 Å². The van der Waals surface area contributed by atoms with Gasteiger partial charge in [0.25, 0.3) is 0 Å². The van der Waals surface area contributed by atoms with Gasteiger partial charge < -0.3 is 18.6 Å². The summed E-state index contributed by atoms with van der Waals surface area (Å²) in [6.45, 7) is 5.60. The molecule has 3 unspecified atom stereocenters. The van der Waals surface area contributed by atoms with Crippen LogP contribution in [0.2, 0.25) is 0 Å². The maximum Gasteiger partial charge on any atom is 1.00 e. The second-order valence-electron chi connectivity index (χ2n) is 2.67. The van der Waals surface area contributed by atoms with Gasteiger partial charge in [-0.2, -0.15) is 0 Å². The van der Waals surface area contributed by atoms with Crippen molar-refractivity contribution in [2.24, 2.45) is 17.2 Å². The van der Waals surface area contributed by atoms with Crippen molar-refractivity contribution >= 4 is 0 Å². The zero-order chi connectivity index (χ0) is 8.31. The van der Waals surface area contributed by atoms with E-state index in [1.165, 1.54) is 0 Å². The summed E-state index contributed by atoms with van der Waals surface area (Å²) in [6.07, 6.45) is -0.250. The van der Waals surface area contributed by atoms with E-state index in [0.29, 0.717) is 0 Å². The second kappa shape index (κ2) is 6.37. The molecule has 0 fully saturated rings. The number of hydrogen-bond donors (Lipinski definition) is 3. The number of hydrogen-bond acceptors (Lipinski definition) is 4. The summed E-state index contributed by atoms with van der Waals surface area (Å²) in [5, 5.41) is 0. The minimum atomic E-state index is -0.0833. The summed E-state index contributed by atoms with van der Waals surface area (Å²) in [5.74, 6) is 0. The Morgan fingerprint density at radius 3 is 1.09 bits per heavy atom. The number of rotatable bonds is 3. The summed E-state index contributed by atoms with van der Waals surface area (Å²) in [6, 6.07) is 0. The minimum Gasteiger partial charge on any atom is -1.00 e. The van der Waals surface area contributed by atoms with E-state index in [9.17, 15) is 0 Å². The molecule has 0 aromatic heterocycles. The van der Waals surface area contributed by atoms with Gasteiger partial charge in [0.05, 0.1) is 18.5 Å². The van der Waals surface area contributed by atoms with Crippen molar-refractivity contribution < 1.29 is 31.0 Å². The molecule has 0 saturated carbocycles. The second-order valence-corrected chi connectivity index (χ2v) is 2.67. The van der Waals surface area contributed by atoms with E-state index in [-0.39, 0.29) is 49.5 Å². The van der Waals surface area contributed by atoms with E-state index in [1.807, 2.05) is 25.7 Å². The van der Waals surface area contributed by atoms with Crippen molar-refractivity contribution in [2.45, 2.75) is 39.3 Å². The summed E-state index contributed by atoms with van der Waals surface area (Å²) in [5.41, 5.74) is 16.8. The molecule has 0 aliphatic carbocycles. The van der Waals surface area contributed by atoms with Crippen LogP contribution in [0.1, 0.15) is 22.2 Å². The zero-order valence-corrected chi connectivity index (χ0v) is 9.91. The average molecular weight is 170 g/mol. The molecule has 6 N–H and O–H groups in total. The van der Waals surface area contributed by atoms with Gasteiger partial charge in [-0.15, -0.1) is 0 Å². The fourth-order valence-corrected chi connectivity index (χ4v) is 1.11. The van der Waals surface area contributed by atoms with E-state index in [4.69, 9.17) is 17.2 Å². The van der Waals surface area contributed by atoms with Gasteiger partial charge in [-0.1, -0.05) is 0 Å². The fourth-order valence-electron chi connectivity index (χ4n) is 1.11. The molecule has 11 heavy (non-hydrogen) atoms. The fraction of sp³-hybridized carbons (Fsp3) is 1.00. The molecule has 0 rings (SSSR count). The molecule has 3 atom stereocenters. The first-order valence-electron chi connectivity index (χ1n) is 3.51. The molecule has 0 amide bonds.